The van der Waals surface area contributed by atoms with Gasteiger partial charge in [0.15, 0.2) is 5.79 Å². The van der Waals surface area contributed by atoms with Gasteiger partial charge in [0.05, 0.1) is 5.41 Å². The lowest BCUT2D eigenvalue weighted by atomic mass is 9.54. The van der Waals surface area contributed by atoms with E-state index >= 15 is 0 Å². The molecular formula is C70H12O2. The van der Waals surface area contributed by atoms with Crippen molar-refractivity contribution in [1.82, 2.24) is 0 Å². The summed E-state index contributed by atoms with van der Waals surface area (Å²) in [5.41, 5.74) is 6.21. The fraction of sp³-hybridized carbons (Fsp3) is 0.0857. The van der Waals surface area contributed by atoms with Crippen LogP contribution in [0.3, 0.4) is 0 Å². The Morgan fingerprint density at radius 2 is 0.500 bits per heavy atom. The second-order valence-corrected chi connectivity index (χ2v) is 26.2. The highest BCUT2D eigenvalue weighted by molar-refractivity contribution is 6.82. The molecule has 29 aromatic rings. The third kappa shape index (κ3) is 1.45. The van der Waals surface area contributed by atoms with Gasteiger partial charge in [0, 0.05) is 29.7 Å². The molecule has 1 aliphatic heterocycles. The SMILES string of the molecule is CCOC1(c2ccccc2)CC23c4c5c6c7c8c9c(c%10c%11c2c2c4c4c%12c5c5c6c6c8c8c%13c9c9c%10c%10c%11c%11c2c2c4c4c%12c%12c5c5c6c8c6c8c%13c9c9c%10c%10c%11c2c2c4c4c%12c5c6c5c8c9c%10c2c45)C73O1. The molecule has 4 aliphatic carbocycles. The van der Waals surface area contributed by atoms with Gasteiger partial charge in [-0.25, -0.2) is 0 Å². The lowest BCUT2D eigenvalue weighted by molar-refractivity contribution is -0.253. The maximum Gasteiger partial charge on any atom is 0.197 e. The van der Waals surface area contributed by atoms with Gasteiger partial charge >= 0.3 is 0 Å². The van der Waals surface area contributed by atoms with Gasteiger partial charge in [-0.2, -0.15) is 0 Å². The molecule has 304 valence electrons. The molecular weight excluding hydrogens is 873 g/mol. The first-order valence-electron chi connectivity index (χ1n) is 27.0. The highest BCUT2D eigenvalue weighted by Gasteiger charge is 2.77. The first-order chi connectivity index (χ1) is 35.8. The Hall–Kier alpha value is -8.40. The van der Waals surface area contributed by atoms with Gasteiger partial charge in [-0.05, 0) is 309 Å². The van der Waals surface area contributed by atoms with E-state index in [9.17, 15) is 0 Å². The summed E-state index contributed by atoms with van der Waals surface area (Å²) in [6.07, 6.45) is 0.771. The summed E-state index contributed by atoms with van der Waals surface area (Å²) in [7, 11) is 0. The fourth-order valence-corrected chi connectivity index (χ4v) is 25.7. The van der Waals surface area contributed by atoms with Crippen molar-refractivity contribution in [2.24, 2.45) is 0 Å². The Bertz CT molecular complexity index is 6840. The standard InChI is InChI=1S/C70H12O2/c1-2-71-69(9-6-4-3-5-7-9)8-68-64-56-48-38-28-20-12-10-11-14-18-16(12)24-32-26(18)36-30-22(14)23-15(11)19-17-13(10)21(20)29-35-25(17)33-27(19)37-31(23)41-40(30)52-46(36)54-44(32)50(42(48)34(24)28)58(64)60(54)66-62(52)63-53(41)47(37)55-45(33)51-43(35)49(39(29)38)57(56)65(68)59(51)61(55)67(63)70(66,68)72-69/h3-7H,2,8H2,1H3. The molecule has 0 bridgehead atoms. The number of ether oxygens (including phenoxy) is 2. The molecule has 29 aromatic carbocycles. The van der Waals surface area contributed by atoms with E-state index in [4.69, 9.17) is 9.47 Å². The van der Waals surface area contributed by atoms with Crippen molar-refractivity contribution in [2.75, 3.05) is 6.61 Å². The van der Waals surface area contributed by atoms with Crippen molar-refractivity contribution in [3.05, 3.63) is 58.1 Å². The minimum Gasteiger partial charge on any atom is -0.346 e. The minimum atomic E-state index is -0.968. The summed E-state index contributed by atoms with van der Waals surface area (Å²) in [5.74, 6) is -0.968. The van der Waals surface area contributed by atoms with Crippen LogP contribution in [-0.4, -0.2) is 6.61 Å². The van der Waals surface area contributed by atoms with Gasteiger partial charge in [-0.1, -0.05) is 30.3 Å². The molecule has 5 aliphatic rings. The summed E-state index contributed by atoms with van der Waals surface area (Å²) in [6, 6.07) is 11.4. The van der Waals surface area contributed by atoms with Gasteiger partial charge in [0.2, 0.25) is 0 Å². The number of hydrogen-bond acceptors (Lipinski definition) is 2. The molecule has 1 saturated heterocycles. The van der Waals surface area contributed by atoms with E-state index in [1.807, 2.05) is 0 Å². The monoisotopic (exact) mass is 884 g/mol. The Kier molecular flexibility index (Phi) is 2.35. The van der Waals surface area contributed by atoms with Crippen LogP contribution in [0.5, 0.6) is 0 Å². The van der Waals surface area contributed by atoms with E-state index in [2.05, 4.69) is 37.3 Å². The molecule has 2 spiro atoms. The van der Waals surface area contributed by atoms with Gasteiger partial charge in [-0.15, -0.1) is 0 Å². The Morgan fingerprint density at radius 3 is 0.722 bits per heavy atom. The normalized spacial score (nSPS) is 24.3. The average molecular weight is 885 g/mol. The van der Waals surface area contributed by atoms with Crippen LogP contribution in [0.1, 0.15) is 41.2 Å². The zero-order chi connectivity index (χ0) is 42.9. The molecule has 1 fully saturated rings. The quantitative estimate of drug-likeness (QED) is 0.165. The fourth-order valence-electron chi connectivity index (χ4n) is 25.7. The molecule has 2 nitrogen and oxygen atoms in total. The molecule has 0 aromatic heterocycles. The third-order valence-electron chi connectivity index (χ3n) is 25.8. The van der Waals surface area contributed by atoms with Crippen LogP contribution in [0.25, 0.3) is 291 Å². The van der Waals surface area contributed by atoms with Gasteiger partial charge in [0.25, 0.3) is 0 Å². The summed E-state index contributed by atoms with van der Waals surface area (Å²) in [6.45, 7) is 2.80. The topological polar surface area (TPSA) is 18.5 Å². The molecule has 1 heterocycles. The highest BCUT2D eigenvalue weighted by Crippen LogP contribution is 2.87. The summed E-state index contributed by atoms with van der Waals surface area (Å²) >= 11 is 0. The Balaban J connectivity index is 1.14. The number of rotatable bonds is 3. The first kappa shape index (κ1) is 27.3. The van der Waals surface area contributed by atoms with Crippen LogP contribution in [0.4, 0.5) is 0 Å². The lowest BCUT2D eigenvalue weighted by Crippen LogP contribution is -2.48. The number of benzene rings is 19. The van der Waals surface area contributed by atoms with Crippen molar-refractivity contribution in [1.29, 1.82) is 0 Å². The van der Waals surface area contributed by atoms with E-state index in [1.54, 1.807) is 302 Å². The zero-order valence-corrected chi connectivity index (χ0v) is 37.1. The molecule has 0 N–H and O–H groups in total. The predicted octanol–water partition coefficient (Wildman–Crippen LogP) is 18.6. The molecule has 72 heavy (non-hydrogen) atoms. The van der Waals surface area contributed by atoms with Crippen molar-refractivity contribution in [2.45, 2.75) is 30.1 Å². The van der Waals surface area contributed by atoms with E-state index < -0.39 is 16.8 Å². The molecule has 0 amide bonds. The van der Waals surface area contributed by atoms with Crippen molar-refractivity contribution in [3.63, 3.8) is 0 Å². The van der Waals surface area contributed by atoms with Crippen molar-refractivity contribution in [3.8, 4) is 0 Å². The summed E-state index contributed by atoms with van der Waals surface area (Å²) in [4.78, 5) is 0. The smallest absolute Gasteiger partial charge is 0.197 e. The van der Waals surface area contributed by atoms with Crippen LogP contribution in [0.2, 0.25) is 0 Å². The third-order valence-corrected chi connectivity index (χ3v) is 25.8. The molecule has 0 saturated carbocycles. The number of hydrogen-bond donors (Lipinski definition) is 0. The van der Waals surface area contributed by atoms with E-state index in [1.165, 1.54) is 16.7 Å². The average Bonchev–Trinajstić information content (AvgIpc) is 4.30. The van der Waals surface area contributed by atoms with Gasteiger partial charge in [0.1, 0.15) is 5.60 Å². The van der Waals surface area contributed by atoms with Crippen LogP contribution in [0, 0.1) is 0 Å². The van der Waals surface area contributed by atoms with E-state index in [0.717, 1.165) is 6.42 Å². The maximum atomic E-state index is 8.94. The summed E-state index contributed by atoms with van der Waals surface area (Å²) in [5, 5.41) is 87.4. The highest BCUT2D eigenvalue weighted by atomic mass is 16.7. The molecule has 0 radical (unpaired) electrons. The van der Waals surface area contributed by atoms with Crippen LogP contribution >= 0.6 is 0 Å². The van der Waals surface area contributed by atoms with Gasteiger partial charge < -0.3 is 9.47 Å². The summed E-state index contributed by atoms with van der Waals surface area (Å²) < 4.78 is 16.5. The van der Waals surface area contributed by atoms with Crippen molar-refractivity contribution >= 4 is 291 Å². The molecule has 1 unspecified atom stereocenters. The lowest BCUT2D eigenvalue weighted by Gasteiger charge is -2.48. The van der Waals surface area contributed by atoms with Crippen LogP contribution < -0.4 is 0 Å². The molecule has 34 rings (SSSR count). The maximum absolute atomic E-state index is 8.94. The largest absolute Gasteiger partial charge is 0.346 e. The van der Waals surface area contributed by atoms with Crippen molar-refractivity contribution < 1.29 is 9.47 Å². The van der Waals surface area contributed by atoms with Crippen LogP contribution in [-0.2, 0) is 26.3 Å². The zero-order valence-electron chi connectivity index (χ0n) is 37.1. The molecule has 2 heteroatoms. The van der Waals surface area contributed by atoms with Crippen LogP contribution in [0.15, 0.2) is 30.3 Å². The Morgan fingerprint density at radius 1 is 0.292 bits per heavy atom. The Labute approximate surface area is 393 Å². The second kappa shape index (κ2) is 6.21. The minimum absolute atomic E-state index is 0.511. The second-order valence-electron chi connectivity index (χ2n) is 26.2. The van der Waals surface area contributed by atoms with Gasteiger partial charge in [-0.3, -0.25) is 0 Å². The van der Waals surface area contributed by atoms with E-state index in [-0.39, 0.29) is 0 Å². The first-order valence-corrected chi connectivity index (χ1v) is 27.0. The molecule has 1 atom stereocenters. The van der Waals surface area contributed by atoms with E-state index in [0.29, 0.717) is 6.61 Å². The predicted molar refractivity (Wildman–Crippen MR) is 299 cm³/mol.